The average Bonchev–Trinajstić information content (AvgIpc) is 1.87. The maximum absolute atomic E-state index is 10.7. The second kappa shape index (κ2) is 5.44. The molecule has 2 nitrogen and oxygen atoms in total. The highest BCUT2D eigenvalue weighted by Crippen LogP contribution is 2.12. The highest BCUT2D eigenvalue weighted by Gasteiger charge is 2.04. The van der Waals surface area contributed by atoms with Crippen molar-refractivity contribution in [2.75, 3.05) is 6.61 Å². The molecule has 0 aromatic heterocycles. The number of halogens is 2. The van der Waals surface area contributed by atoms with E-state index in [1.165, 1.54) is 6.08 Å². The van der Waals surface area contributed by atoms with E-state index in [-0.39, 0.29) is 0 Å². The molecular formula is C7H10Cl2O2. The summed E-state index contributed by atoms with van der Waals surface area (Å²) in [6, 6.07) is 0. The quantitative estimate of drug-likeness (QED) is 0.394. The summed E-state index contributed by atoms with van der Waals surface area (Å²) in [5.74, 6) is -0.406. The largest absolute Gasteiger partial charge is 0.463 e. The molecule has 0 N–H and O–H groups in total. The molecule has 0 spiro atoms. The molecule has 0 radical (unpaired) electrons. The Morgan fingerprint density at radius 3 is 2.55 bits per heavy atom. The number of allylic oxidation sites excluding steroid dienone is 1. The van der Waals surface area contributed by atoms with Crippen LogP contribution >= 0.6 is 23.2 Å². The van der Waals surface area contributed by atoms with Crippen LogP contribution in [0.2, 0.25) is 0 Å². The van der Waals surface area contributed by atoms with Crippen molar-refractivity contribution in [1.82, 2.24) is 0 Å². The summed E-state index contributed by atoms with van der Waals surface area (Å²) in [5.41, 5.74) is 0.590. The van der Waals surface area contributed by atoms with Gasteiger partial charge in [0.1, 0.15) is 4.84 Å². The molecule has 0 fully saturated rings. The van der Waals surface area contributed by atoms with E-state index in [1.807, 2.05) is 0 Å². The third kappa shape index (κ3) is 5.10. The van der Waals surface area contributed by atoms with Crippen molar-refractivity contribution in [3.8, 4) is 0 Å². The van der Waals surface area contributed by atoms with Crippen LogP contribution in [-0.4, -0.2) is 17.4 Å². The monoisotopic (exact) mass is 196 g/mol. The highest BCUT2D eigenvalue weighted by molar-refractivity contribution is 6.46. The van der Waals surface area contributed by atoms with Gasteiger partial charge < -0.3 is 4.74 Å². The lowest BCUT2D eigenvalue weighted by molar-refractivity contribution is -0.137. The highest BCUT2D eigenvalue weighted by atomic mass is 35.5. The van der Waals surface area contributed by atoms with Crippen LogP contribution in [0.1, 0.15) is 13.8 Å². The lowest BCUT2D eigenvalue weighted by Crippen LogP contribution is -2.02. The predicted molar refractivity (Wildman–Crippen MR) is 45.9 cm³/mol. The summed E-state index contributed by atoms with van der Waals surface area (Å²) in [5, 5.41) is 0. The van der Waals surface area contributed by atoms with Crippen molar-refractivity contribution < 1.29 is 9.53 Å². The first-order chi connectivity index (χ1) is 5.07. The van der Waals surface area contributed by atoms with Gasteiger partial charge in [-0.05, 0) is 19.4 Å². The summed E-state index contributed by atoms with van der Waals surface area (Å²) >= 11 is 10.9. The zero-order chi connectivity index (χ0) is 8.85. The molecule has 0 unspecified atom stereocenters. The second-order valence-electron chi connectivity index (χ2n) is 1.94. The fourth-order valence-corrected chi connectivity index (χ4v) is 0.559. The third-order valence-corrected chi connectivity index (χ3v) is 1.66. The number of alkyl halides is 2. The number of hydrogen-bond acceptors (Lipinski definition) is 2. The summed E-state index contributed by atoms with van der Waals surface area (Å²) in [7, 11) is 0. The van der Waals surface area contributed by atoms with Gasteiger partial charge in [-0.1, -0.05) is 0 Å². The van der Waals surface area contributed by atoms with Crippen LogP contribution in [0.25, 0.3) is 0 Å². The van der Waals surface area contributed by atoms with Crippen molar-refractivity contribution in [2.45, 2.75) is 18.7 Å². The maximum atomic E-state index is 10.7. The van der Waals surface area contributed by atoms with Crippen LogP contribution < -0.4 is 0 Å². The zero-order valence-electron chi connectivity index (χ0n) is 6.43. The first-order valence-electron chi connectivity index (χ1n) is 3.21. The van der Waals surface area contributed by atoms with Gasteiger partial charge in [-0.15, -0.1) is 23.2 Å². The molecule has 11 heavy (non-hydrogen) atoms. The van der Waals surface area contributed by atoms with Gasteiger partial charge in [0, 0.05) is 6.08 Å². The molecule has 64 valence electrons. The number of carbonyl (C=O) groups excluding carboxylic acids is 1. The molecule has 0 heterocycles. The van der Waals surface area contributed by atoms with E-state index in [4.69, 9.17) is 23.2 Å². The molecule has 0 amide bonds. The van der Waals surface area contributed by atoms with E-state index in [0.29, 0.717) is 12.2 Å². The van der Waals surface area contributed by atoms with Gasteiger partial charge in [-0.2, -0.15) is 0 Å². The van der Waals surface area contributed by atoms with Crippen LogP contribution in [0.4, 0.5) is 0 Å². The van der Waals surface area contributed by atoms with E-state index in [9.17, 15) is 4.79 Å². The zero-order valence-corrected chi connectivity index (χ0v) is 7.95. The van der Waals surface area contributed by atoms with Crippen molar-refractivity contribution >= 4 is 29.2 Å². The second-order valence-corrected chi connectivity index (χ2v) is 3.04. The molecule has 0 saturated carbocycles. The number of carbonyl (C=O) groups is 1. The fraction of sp³-hybridized carbons (Fsp3) is 0.571. The minimum absolute atomic E-state index is 0.359. The van der Waals surface area contributed by atoms with Crippen LogP contribution in [0.3, 0.4) is 0 Å². The van der Waals surface area contributed by atoms with Gasteiger partial charge in [0.2, 0.25) is 0 Å². The lowest BCUT2D eigenvalue weighted by Gasteiger charge is -2.00. The van der Waals surface area contributed by atoms with E-state index in [1.54, 1.807) is 13.8 Å². The lowest BCUT2D eigenvalue weighted by atomic mass is 10.3. The average molecular weight is 197 g/mol. The fourth-order valence-electron chi connectivity index (χ4n) is 0.433. The van der Waals surface area contributed by atoms with Gasteiger partial charge in [-0.25, -0.2) is 4.79 Å². The number of hydrogen-bond donors (Lipinski definition) is 0. The standard InChI is InChI=1S/C7H10Cl2O2/c1-3-11-6(10)4-5(2)7(8)9/h4,7H,3H2,1-2H3/b5-4+. The van der Waals surface area contributed by atoms with Crippen molar-refractivity contribution in [3.05, 3.63) is 11.6 Å². The first-order valence-corrected chi connectivity index (χ1v) is 4.08. The smallest absolute Gasteiger partial charge is 0.330 e. The Morgan fingerprint density at radius 2 is 2.18 bits per heavy atom. The Kier molecular flexibility index (Phi) is 5.34. The van der Waals surface area contributed by atoms with Crippen LogP contribution in [-0.2, 0) is 9.53 Å². The van der Waals surface area contributed by atoms with Gasteiger partial charge in [0.15, 0.2) is 0 Å². The van der Waals surface area contributed by atoms with Crippen molar-refractivity contribution in [2.24, 2.45) is 0 Å². The summed E-state index contributed by atoms with van der Waals surface area (Å²) < 4.78 is 4.63. The van der Waals surface area contributed by atoms with Crippen molar-refractivity contribution in [3.63, 3.8) is 0 Å². The number of esters is 1. The molecule has 0 aromatic rings. The molecular weight excluding hydrogens is 187 g/mol. The Morgan fingerprint density at radius 1 is 1.64 bits per heavy atom. The first kappa shape index (κ1) is 10.8. The Labute approximate surface area is 76.1 Å². The summed E-state index contributed by atoms with van der Waals surface area (Å²) in [6.45, 7) is 3.76. The molecule has 0 aromatic carbocycles. The van der Waals surface area contributed by atoms with E-state index in [0.717, 1.165) is 0 Å². The Hall–Kier alpha value is -0.210. The normalized spacial score (nSPS) is 11.9. The van der Waals surface area contributed by atoms with E-state index >= 15 is 0 Å². The molecule has 0 saturated heterocycles. The SMILES string of the molecule is CCOC(=O)/C=C(\C)C(Cl)Cl. The van der Waals surface area contributed by atoms with Gasteiger partial charge >= 0.3 is 5.97 Å². The third-order valence-electron chi connectivity index (χ3n) is 0.976. The van der Waals surface area contributed by atoms with E-state index in [2.05, 4.69) is 4.74 Å². The van der Waals surface area contributed by atoms with E-state index < -0.39 is 10.8 Å². The Bertz CT molecular complexity index is 164. The van der Waals surface area contributed by atoms with Gasteiger partial charge in [0.25, 0.3) is 0 Å². The van der Waals surface area contributed by atoms with Gasteiger partial charge in [0.05, 0.1) is 6.61 Å². The van der Waals surface area contributed by atoms with Crippen LogP contribution in [0.15, 0.2) is 11.6 Å². The molecule has 0 bridgehead atoms. The Balaban J connectivity index is 3.97. The minimum Gasteiger partial charge on any atom is -0.463 e. The van der Waals surface area contributed by atoms with Crippen LogP contribution in [0, 0.1) is 0 Å². The number of rotatable bonds is 3. The molecule has 0 aliphatic heterocycles. The topological polar surface area (TPSA) is 26.3 Å². The van der Waals surface area contributed by atoms with Crippen LogP contribution in [0.5, 0.6) is 0 Å². The molecule has 0 atom stereocenters. The van der Waals surface area contributed by atoms with Gasteiger partial charge in [-0.3, -0.25) is 0 Å². The summed E-state index contributed by atoms with van der Waals surface area (Å²) in [4.78, 5) is 10.1. The molecule has 0 rings (SSSR count). The maximum Gasteiger partial charge on any atom is 0.330 e. The van der Waals surface area contributed by atoms with Crippen molar-refractivity contribution in [1.29, 1.82) is 0 Å². The summed E-state index contributed by atoms with van der Waals surface area (Å²) in [6.07, 6.45) is 1.29. The number of ether oxygens (including phenoxy) is 1. The predicted octanol–water partition coefficient (Wildman–Crippen LogP) is 2.30. The molecule has 0 aliphatic carbocycles. The minimum atomic E-state index is -0.639. The molecule has 0 aliphatic rings. The molecule has 4 heteroatoms.